The highest BCUT2D eigenvalue weighted by Gasteiger charge is 1.99. The van der Waals surface area contributed by atoms with Gasteiger partial charge in [-0.15, -0.1) is 0 Å². The lowest BCUT2D eigenvalue weighted by atomic mass is 9.99. The Hall–Kier alpha value is -1.63. The van der Waals surface area contributed by atoms with Gasteiger partial charge in [0.15, 0.2) is 0 Å². The molecule has 1 aromatic rings. The van der Waals surface area contributed by atoms with Crippen LogP contribution in [0.5, 0.6) is 0 Å². The molecular formula is C15H18O. The fourth-order valence-electron chi connectivity index (χ4n) is 1.83. The van der Waals surface area contributed by atoms with Gasteiger partial charge in [-0.25, -0.2) is 0 Å². The number of rotatable bonds is 3. The van der Waals surface area contributed by atoms with E-state index in [1.807, 2.05) is 13.0 Å². The first-order valence-corrected chi connectivity index (χ1v) is 5.42. The monoisotopic (exact) mass is 214 g/mol. The smallest absolute Gasteiger partial charge is 0.143 e. The fraction of sp³-hybridized carbons (Fsp3) is 0.267. The van der Waals surface area contributed by atoms with Gasteiger partial charge in [0.1, 0.15) is 6.29 Å². The van der Waals surface area contributed by atoms with Crippen molar-refractivity contribution in [1.82, 2.24) is 0 Å². The average Bonchev–Trinajstić information content (AvgIpc) is 2.16. The van der Waals surface area contributed by atoms with E-state index in [0.717, 1.165) is 11.9 Å². The first-order valence-electron chi connectivity index (χ1n) is 5.42. The van der Waals surface area contributed by atoms with Crippen LogP contribution in [-0.4, -0.2) is 6.29 Å². The van der Waals surface area contributed by atoms with Crippen molar-refractivity contribution in [3.05, 3.63) is 52.1 Å². The normalized spacial score (nSPS) is 12.1. The van der Waals surface area contributed by atoms with Crippen molar-refractivity contribution in [2.75, 3.05) is 0 Å². The van der Waals surface area contributed by atoms with Crippen LogP contribution < -0.4 is 0 Å². The van der Waals surface area contributed by atoms with Crippen LogP contribution in [0.3, 0.4) is 0 Å². The third kappa shape index (κ3) is 3.20. The summed E-state index contributed by atoms with van der Waals surface area (Å²) in [7, 11) is 0. The number of hydrogen-bond acceptors (Lipinski definition) is 1. The van der Waals surface area contributed by atoms with Crippen LogP contribution in [0.4, 0.5) is 0 Å². The molecule has 1 rings (SSSR count). The Morgan fingerprint density at radius 1 is 1.12 bits per heavy atom. The van der Waals surface area contributed by atoms with Gasteiger partial charge in [0, 0.05) is 0 Å². The molecule has 0 aliphatic heterocycles. The first kappa shape index (κ1) is 12.4. The molecule has 84 valence electrons. The Kier molecular flexibility index (Phi) is 4.24. The SMILES string of the molecule is CC(C=Cc1c(C)cc(C)cc1C)=CC=O. The van der Waals surface area contributed by atoms with Crippen molar-refractivity contribution in [3.63, 3.8) is 0 Å². The van der Waals surface area contributed by atoms with Crippen molar-refractivity contribution in [1.29, 1.82) is 0 Å². The molecule has 0 fully saturated rings. The highest BCUT2D eigenvalue weighted by atomic mass is 16.1. The molecule has 0 amide bonds. The van der Waals surface area contributed by atoms with Gasteiger partial charge in [-0.05, 0) is 56.0 Å². The second kappa shape index (κ2) is 5.45. The van der Waals surface area contributed by atoms with Crippen LogP contribution in [0.15, 0.2) is 29.9 Å². The summed E-state index contributed by atoms with van der Waals surface area (Å²) in [4.78, 5) is 10.3. The summed E-state index contributed by atoms with van der Waals surface area (Å²) in [6.45, 7) is 8.24. The summed E-state index contributed by atoms with van der Waals surface area (Å²) < 4.78 is 0. The van der Waals surface area contributed by atoms with E-state index in [1.165, 1.54) is 22.3 Å². The molecule has 0 heterocycles. The van der Waals surface area contributed by atoms with Crippen molar-refractivity contribution in [2.24, 2.45) is 0 Å². The molecule has 0 radical (unpaired) electrons. The Bertz CT molecular complexity index is 427. The Morgan fingerprint density at radius 3 is 2.19 bits per heavy atom. The molecule has 0 atom stereocenters. The summed E-state index contributed by atoms with van der Waals surface area (Å²) >= 11 is 0. The minimum Gasteiger partial charge on any atom is -0.299 e. The molecule has 0 saturated carbocycles. The molecule has 0 aromatic heterocycles. The van der Waals surface area contributed by atoms with Gasteiger partial charge in [-0.2, -0.15) is 0 Å². The Labute approximate surface area is 97.5 Å². The van der Waals surface area contributed by atoms with Crippen molar-refractivity contribution in [2.45, 2.75) is 27.7 Å². The fourth-order valence-corrected chi connectivity index (χ4v) is 1.83. The second-order valence-electron chi connectivity index (χ2n) is 4.19. The minimum atomic E-state index is 0.814. The minimum absolute atomic E-state index is 0.814. The van der Waals surface area contributed by atoms with Crippen LogP contribution in [0.25, 0.3) is 6.08 Å². The van der Waals surface area contributed by atoms with E-state index in [9.17, 15) is 4.79 Å². The highest BCUT2D eigenvalue weighted by molar-refractivity contribution is 5.69. The lowest BCUT2D eigenvalue weighted by Crippen LogP contribution is -1.88. The summed E-state index contributed by atoms with van der Waals surface area (Å²) in [5.74, 6) is 0. The van der Waals surface area contributed by atoms with Crippen LogP contribution in [0, 0.1) is 20.8 Å². The first-order chi connectivity index (χ1) is 7.54. The van der Waals surface area contributed by atoms with E-state index in [2.05, 4.69) is 39.0 Å². The summed E-state index contributed by atoms with van der Waals surface area (Å²) in [5.41, 5.74) is 6.03. The quantitative estimate of drug-likeness (QED) is 0.425. The Morgan fingerprint density at radius 2 is 1.69 bits per heavy atom. The number of aldehydes is 1. The largest absolute Gasteiger partial charge is 0.299 e. The number of aryl methyl sites for hydroxylation is 3. The number of carbonyl (C=O) groups is 1. The zero-order chi connectivity index (χ0) is 12.1. The summed E-state index contributed by atoms with van der Waals surface area (Å²) in [6.07, 6.45) is 6.42. The number of carbonyl (C=O) groups excluding carboxylic acids is 1. The molecule has 1 nitrogen and oxygen atoms in total. The van der Waals surface area contributed by atoms with E-state index in [1.54, 1.807) is 6.08 Å². The van der Waals surface area contributed by atoms with Crippen LogP contribution in [0.1, 0.15) is 29.2 Å². The van der Waals surface area contributed by atoms with Gasteiger partial charge in [-0.1, -0.05) is 29.8 Å². The van der Waals surface area contributed by atoms with E-state index in [4.69, 9.17) is 0 Å². The summed E-state index contributed by atoms with van der Waals surface area (Å²) in [5, 5.41) is 0. The molecule has 1 heteroatoms. The predicted molar refractivity (Wildman–Crippen MR) is 69.5 cm³/mol. The molecule has 0 unspecified atom stereocenters. The third-order valence-corrected chi connectivity index (χ3v) is 2.58. The predicted octanol–water partition coefficient (Wildman–Crippen LogP) is 3.77. The van der Waals surface area contributed by atoms with Gasteiger partial charge in [-0.3, -0.25) is 4.79 Å². The number of allylic oxidation sites excluding steroid dienone is 3. The van der Waals surface area contributed by atoms with Crippen molar-refractivity contribution < 1.29 is 4.79 Å². The topological polar surface area (TPSA) is 17.1 Å². The van der Waals surface area contributed by atoms with E-state index < -0.39 is 0 Å². The standard InChI is InChI=1S/C15H18O/c1-11(7-8-16)5-6-15-13(3)9-12(2)10-14(15)4/h5-10H,1-4H3. The van der Waals surface area contributed by atoms with Crippen molar-refractivity contribution >= 4 is 12.4 Å². The molecule has 0 N–H and O–H groups in total. The number of benzene rings is 1. The molecule has 0 saturated heterocycles. The highest BCUT2D eigenvalue weighted by Crippen LogP contribution is 2.18. The second-order valence-corrected chi connectivity index (χ2v) is 4.19. The molecule has 0 spiro atoms. The maximum Gasteiger partial charge on any atom is 0.143 e. The average molecular weight is 214 g/mol. The molecule has 1 aromatic carbocycles. The van der Waals surface area contributed by atoms with Crippen LogP contribution in [0.2, 0.25) is 0 Å². The van der Waals surface area contributed by atoms with Gasteiger partial charge in [0.2, 0.25) is 0 Å². The zero-order valence-electron chi connectivity index (χ0n) is 10.4. The van der Waals surface area contributed by atoms with Gasteiger partial charge in [0.25, 0.3) is 0 Å². The van der Waals surface area contributed by atoms with Gasteiger partial charge < -0.3 is 0 Å². The van der Waals surface area contributed by atoms with E-state index in [0.29, 0.717) is 0 Å². The van der Waals surface area contributed by atoms with Crippen LogP contribution >= 0.6 is 0 Å². The van der Waals surface area contributed by atoms with Gasteiger partial charge >= 0.3 is 0 Å². The van der Waals surface area contributed by atoms with Crippen molar-refractivity contribution in [3.8, 4) is 0 Å². The Balaban J connectivity index is 3.06. The third-order valence-electron chi connectivity index (χ3n) is 2.58. The molecule has 0 aliphatic rings. The van der Waals surface area contributed by atoms with E-state index in [-0.39, 0.29) is 0 Å². The number of hydrogen-bond donors (Lipinski definition) is 0. The van der Waals surface area contributed by atoms with Gasteiger partial charge in [0.05, 0.1) is 0 Å². The van der Waals surface area contributed by atoms with E-state index >= 15 is 0 Å². The maximum atomic E-state index is 10.3. The molecule has 16 heavy (non-hydrogen) atoms. The molecule has 0 aliphatic carbocycles. The molecule has 0 bridgehead atoms. The lowest BCUT2D eigenvalue weighted by Gasteiger charge is -2.06. The summed E-state index contributed by atoms with van der Waals surface area (Å²) in [6, 6.07) is 4.34. The lowest BCUT2D eigenvalue weighted by molar-refractivity contribution is -0.104. The maximum absolute atomic E-state index is 10.3. The van der Waals surface area contributed by atoms with Crippen LogP contribution in [-0.2, 0) is 4.79 Å². The molecular weight excluding hydrogens is 196 g/mol. The zero-order valence-corrected chi connectivity index (χ0v) is 10.4.